The molecule has 126 valence electrons. The zero-order valence-electron chi connectivity index (χ0n) is 13.5. The summed E-state index contributed by atoms with van der Waals surface area (Å²) < 4.78 is 4.11. The molecule has 2 heterocycles. The van der Waals surface area contributed by atoms with E-state index in [-0.39, 0.29) is 31.2 Å². The predicted molar refractivity (Wildman–Crippen MR) is 83.9 cm³/mol. The van der Waals surface area contributed by atoms with E-state index in [2.05, 4.69) is 4.98 Å². The number of carbonyl (C=O) groups excluding carboxylic acids is 1. The summed E-state index contributed by atoms with van der Waals surface area (Å²) >= 11 is 0. The average Bonchev–Trinajstić information content (AvgIpc) is 2.93. The Balaban J connectivity index is 2.15. The Hall–Kier alpha value is -2.42. The van der Waals surface area contributed by atoms with Gasteiger partial charge < -0.3 is 14.6 Å². The molecule has 0 aromatic carbocycles. The summed E-state index contributed by atoms with van der Waals surface area (Å²) in [6.07, 6.45) is 2.81. The molecule has 2 rings (SSSR count). The second-order valence-corrected chi connectivity index (χ2v) is 5.52. The van der Waals surface area contributed by atoms with E-state index in [9.17, 15) is 14.4 Å². The zero-order valence-corrected chi connectivity index (χ0v) is 13.5. The van der Waals surface area contributed by atoms with Crippen LogP contribution in [0.3, 0.4) is 0 Å². The van der Waals surface area contributed by atoms with E-state index in [0.29, 0.717) is 24.0 Å². The van der Waals surface area contributed by atoms with Crippen molar-refractivity contribution in [2.45, 2.75) is 25.8 Å². The van der Waals surface area contributed by atoms with Crippen LogP contribution in [-0.4, -0.2) is 48.4 Å². The molecule has 0 aliphatic carbocycles. The highest BCUT2D eigenvalue weighted by atomic mass is 16.3. The van der Waals surface area contributed by atoms with Crippen molar-refractivity contribution in [3.8, 4) is 0 Å². The molecule has 0 unspecified atom stereocenters. The van der Waals surface area contributed by atoms with Crippen molar-refractivity contribution in [1.82, 2.24) is 23.6 Å². The van der Waals surface area contributed by atoms with Gasteiger partial charge in [0, 0.05) is 34.1 Å². The maximum atomic E-state index is 12.4. The largest absolute Gasteiger partial charge is 0.376 e. The van der Waals surface area contributed by atoms with Crippen LogP contribution in [0, 0.1) is 0 Å². The van der Waals surface area contributed by atoms with Gasteiger partial charge in [-0.25, -0.2) is 9.78 Å². The Morgan fingerprint density at radius 3 is 2.65 bits per heavy atom. The van der Waals surface area contributed by atoms with Crippen molar-refractivity contribution in [2.24, 2.45) is 14.1 Å². The van der Waals surface area contributed by atoms with E-state index in [0.717, 1.165) is 0 Å². The molecule has 2 aromatic rings. The molecule has 0 radical (unpaired) electrons. The molecule has 0 saturated heterocycles. The summed E-state index contributed by atoms with van der Waals surface area (Å²) in [5.74, 6) is -0.171. The van der Waals surface area contributed by atoms with Crippen LogP contribution >= 0.6 is 0 Å². The molecule has 1 N–H and O–H groups in total. The number of fused-ring (bicyclic) bond motifs is 1. The summed E-state index contributed by atoms with van der Waals surface area (Å²) in [6, 6.07) is 0. The Kier molecular flexibility index (Phi) is 4.99. The molecule has 9 nitrogen and oxygen atoms in total. The molecule has 0 aliphatic heterocycles. The van der Waals surface area contributed by atoms with E-state index in [1.807, 2.05) is 0 Å². The van der Waals surface area contributed by atoms with Gasteiger partial charge in [0.15, 0.2) is 11.2 Å². The van der Waals surface area contributed by atoms with Gasteiger partial charge in [0.05, 0.1) is 6.33 Å². The number of rotatable bonds is 6. The van der Waals surface area contributed by atoms with Crippen LogP contribution in [0.5, 0.6) is 0 Å². The van der Waals surface area contributed by atoms with Gasteiger partial charge in [-0.3, -0.25) is 18.7 Å². The molecule has 0 bridgehead atoms. The topological polar surface area (TPSA) is 102 Å². The molecule has 0 aliphatic rings. The normalized spacial score (nSPS) is 11.1. The van der Waals surface area contributed by atoms with Crippen molar-refractivity contribution in [3.63, 3.8) is 0 Å². The number of imidazole rings is 1. The number of aliphatic hydroxyl groups is 1. The van der Waals surface area contributed by atoms with E-state index in [4.69, 9.17) is 5.11 Å². The van der Waals surface area contributed by atoms with Crippen LogP contribution < -0.4 is 11.2 Å². The number of hydrogen-bond acceptors (Lipinski definition) is 5. The Morgan fingerprint density at radius 2 is 2.00 bits per heavy atom. The first-order valence-electron chi connectivity index (χ1n) is 7.34. The number of aliphatic hydroxyl groups excluding tert-OH is 1. The first-order chi connectivity index (χ1) is 10.9. The minimum atomic E-state index is -0.417. The first-order valence-corrected chi connectivity index (χ1v) is 7.34. The van der Waals surface area contributed by atoms with E-state index >= 15 is 0 Å². The van der Waals surface area contributed by atoms with Crippen molar-refractivity contribution < 1.29 is 9.90 Å². The van der Waals surface area contributed by atoms with Crippen LogP contribution in [0.4, 0.5) is 0 Å². The lowest BCUT2D eigenvalue weighted by atomic mass is 10.2. The van der Waals surface area contributed by atoms with Gasteiger partial charge in [-0.1, -0.05) is 0 Å². The van der Waals surface area contributed by atoms with Crippen LogP contribution in [0.15, 0.2) is 15.9 Å². The van der Waals surface area contributed by atoms with Gasteiger partial charge in [0.1, 0.15) is 6.73 Å². The SMILES string of the molecule is CN(CO)C(=O)CCCCn1c(=O)c2c(ncn2C)n(C)c1=O. The Morgan fingerprint density at radius 1 is 1.30 bits per heavy atom. The molecule has 0 saturated carbocycles. The molecule has 0 atom stereocenters. The molecule has 23 heavy (non-hydrogen) atoms. The first kappa shape index (κ1) is 16.9. The fraction of sp³-hybridized carbons (Fsp3) is 0.571. The van der Waals surface area contributed by atoms with Gasteiger partial charge in [0.2, 0.25) is 5.91 Å². The summed E-state index contributed by atoms with van der Waals surface area (Å²) in [7, 11) is 4.79. The molecule has 2 aromatic heterocycles. The third-order valence-electron chi connectivity index (χ3n) is 3.86. The minimum Gasteiger partial charge on any atom is -0.376 e. The van der Waals surface area contributed by atoms with Crippen molar-refractivity contribution in [1.29, 1.82) is 0 Å². The highest BCUT2D eigenvalue weighted by Gasteiger charge is 2.14. The third-order valence-corrected chi connectivity index (χ3v) is 3.86. The number of carbonyl (C=O) groups is 1. The predicted octanol–water partition coefficient (Wildman–Crippen LogP) is -0.988. The van der Waals surface area contributed by atoms with Crippen LogP contribution in [0.25, 0.3) is 11.2 Å². The summed E-state index contributed by atoms with van der Waals surface area (Å²) in [4.78, 5) is 41.6. The summed E-state index contributed by atoms with van der Waals surface area (Å²) in [5, 5.41) is 8.86. The van der Waals surface area contributed by atoms with Crippen molar-refractivity contribution >= 4 is 17.1 Å². The quantitative estimate of drug-likeness (QED) is 0.543. The molecule has 0 spiro atoms. The van der Waals surface area contributed by atoms with Gasteiger partial charge >= 0.3 is 5.69 Å². The summed E-state index contributed by atoms with van der Waals surface area (Å²) in [6.45, 7) is -0.0846. The maximum Gasteiger partial charge on any atom is 0.332 e. The maximum absolute atomic E-state index is 12.4. The lowest BCUT2D eigenvalue weighted by Gasteiger charge is -2.13. The standard InChI is InChI=1S/C14H21N5O4/c1-16-8-15-12-11(16)13(22)19(14(23)18(12)3)7-5-4-6-10(21)17(2)9-20/h8,20H,4-7,9H2,1-3H3. The van der Waals surface area contributed by atoms with Crippen LogP contribution in [0.1, 0.15) is 19.3 Å². The second kappa shape index (κ2) is 6.78. The Bertz CT molecular complexity index is 832. The van der Waals surface area contributed by atoms with Crippen molar-refractivity contribution in [2.75, 3.05) is 13.8 Å². The lowest BCUT2D eigenvalue weighted by Crippen LogP contribution is -2.39. The smallest absolute Gasteiger partial charge is 0.332 e. The third kappa shape index (κ3) is 3.19. The highest BCUT2D eigenvalue weighted by molar-refractivity contribution is 5.75. The van der Waals surface area contributed by atoms with E-state index < -0.39 is 5.69 Å². The van der Waals surface area contributed by atoms with Crippen molar-refractivity contribution in [3.05, 3.63) is 27.2 Å². The number of amides is 1. The average molecular weight is 323 g/mol. The number of aryl methyl sites for hydroxylation is 2. The molecule has 9 heteroatoms. The molecular formula is C14H21N5O4. The monoisotopic (exact) mass is 323 g/mol. The van der Waals surface area contributed by atoms with Gasteiger partial charge in [-0.15, -0.1) is 0 Å². The van der Waals surface area contributed by atoms with Crippen LogP contribution in [-0.2, 0) is 25.4 Å². The number of nitrogens with zero attached hydrogens (tertiary/aromatic N) is 5. The van der Waals surface area contributed by atoms with E-state index in [1.54, 1.807) is 18.7 Å². The fourth-order valence-corrected chi connectivity index (χ4v) is 2.41. The Labute approximate surface area is 132 Å². The fourth-order valence-electron chi connectivity index (χ4n) is 2.41. The number of unbranched alkanes of at least 4 members (excludes halogenated alkanes) is 1. The molecular weight excluding hydrogens is 302 g/mol. The van der Waals surface area contributed by atoms with Crippen LogP contribution in [0.2, 0.25) is 0 Å². The zero-order chi connectivity index (χ0) is 17.1. The van der Waals surface area contributed by atoms with Gasteiger partial charge in [0.25, 0.3) is 5.56 Å². The molecule has 0 fully saturated rings. The number of hydrogen-bond donors (Lipinski definition) is 1. The minimum absolute atomic E-state index is 0.171. The van der Waals surface area contributed by atoms with Gasteiger partial charge in [-0.05, 0) is 12.8 Å². The lowest BCUT2D eigenvalue weighted by molar-refractivity contribution is -0.133. The highest BCUT2D eigenvalue weighted by Crippen LogP contribution is 2.04. The van der Waals surface area contributed by atoms with Gasteiger partial charge in [-0.2, -0.15) is 0 Å². The molecule has 1 amide bonds. The second-order valence-electron chi connectivity index (χ2n) is 5.52. The summed E-state index contributed by atoms with van der Waals surface area (Å²) in [5.41, 5.74) is -0.0522. The number of aromatic nitrogens is 4. The van der Waals surface area contributed by atoms with E-state index in [1.165, 1.54) is 27.4 Å².